The van der Waals surface area contributed by atoms with Crippen LogP contribution in [0.5, 0.6) is 0 Å². The summed E-state index contributed by atoms with van der Waals surface area (Å²) in [4.78, 5) is 13.1. The molecule has 9 unspecified atom stereocenters. The lowest BCUT2D eigenvalue weighted by atomic mass is 9.98. The molecule has 1 fully saturated rings. The Hall–Kier alpha value is -1.67. The van der Waals surface area contributed by atoms with Gasteiger partial charge in [-0.05, 0) is 77.0 Å². The molecule has 0 aromatic rings. The third-order valence-electron chi connectivity index (χ3n) is 12.1. The van der Waals surface area contributed by atoms with Crippen LogP contribution in [0.4, 0.5) is 0 Å². The molecule has 8 N–H and O–H groups in total. The van der Waals surface area contributed by atoms with E-state index in [9.17, 15) is 40.5 Å². The van der Waals surface area contributed by atoms with Crippen molar-refractivity contribution in [3.8, 4) is 0 Å². The zero-order valence-corrected chi connectivity index (χ0v) is 39.4. The molecule has 0 aliphatic carbocycles. The minimum atomic E-state index is -1.67. The maximum absolute atomic E-state index is 13.1. The fraction of sp³-hybridized carbons (Fsp3) is 0.863. The van der Waals surface area contributed by atoms with Gasteiger partial charge in [-0.1, -0.05) is 172 Å². The number of hydrogen-bond acceptors (Lipinski definition) is 10. The molecule has 1 aliphatic heterocycles. The van der Waals surface area contributed by atoms with Gasteiger partial charge >= 0.3 is 0 Å². The van der Waals surface area contributed by atoms with Crippen LogP contribution in [0.3, 0.4) is 0 Å². The molecule has 0 aromatic carbocycles. The SMILES string of the molecule is CCCCCCCCCCC/C=C\CCCCCCC(O)C(=O)NC(COC1OC(CO)C(O)C(O)C1O)C(O)C(O)CCC/C=C/CC/C=C/CCCCCCCCCCC. The van der Waals surface area contributed by atoms with Gasteiger partial charge < -0.3 is 50.5 Å². The van der Waals surface area contributed by atoms with Crippen LogP contribution in [0.1, 0.15) is 213 Å². The first-order valence-corrected chi connectivity index (χ1v) is 25.4. The Morgan fingerprint density at radius 1 is 0.548 bits per heavy atom. The molecule has 1 amide bonds. The summed E-state index contributed by atoms with van der Waals surface area (Å²) in [6, 6.07) is -1.19. The average Bonchev–Trinajstić information content (AvgIpc) is 3.27. The topological polar surface area (TPSA) is 189 Å². The summed E-state index contributed by atoms with van der Waals surface area (Å²) in [7, 11) is 0. The van der Waals surface area contributed by atoms with Crippen molar-refractivity contribution < 1.29 is 50.0 Å². The van der Waals surface area contributed by atoms with E-state index in [-0.39, 0.29) is 12.8 Å². The first-order valence-electron chi connectivity index (χ1n) is 25.4. The van der Waals surface area contributed by atoms with E-state index < -0.39 is 74.2 Å². The number of carbonyl (C=O) groups excluding carboxylic acids is 1. The van der Waals surface area contributed by atoms with Gasteiger partial charge in [0.05, 0.1) is 25.4 Å². The number of allylic oxidation sites excluding steroid dienone is 6. The van der Waals surface area contributed by atoms with Crippen LogP contribution in [0.2, 0.25) is 0 Å². The molecule has 11 heteroatoms. The fourth-order valence-corrected chi connectivity index (χ4v) is 7.92. The number of aliphatic hydroxyl groups is 7. The molecule has 1 saturated heterocycles. The van der Waals surface area contributed by atoms with Gasteiger partial charge in [-0.15, -0.1) is 0 Å². The van der Waals surface area contributed by atoms with E-state index in [1.807, 2.05) is 0 Å². The lowest BCUT2D eigenvalue weighted by molar-refractivity contribution is -0.303. The third-order valence-corrected chi connectivity index (χ3v) is 12.1. The van der Waals surface area contributed by atoms with Gasteiger partial charge in [0.25, 0.3) is 0 Å². The second-order valence-corrected chi connectivity index (χ2v) is 17.9. The number of rotatable bonds is 42. The molecule has 0 radical (unpaired) electrons. The van der Waals surface area contributed by atoms with Gasteiger partial charge in [0.2, 0.25) is 5.91 Å². The van der Waals surface area contributed by atoms with E-state index in [0.29, 0.717) is 19.3 Å². The molecular formula is C51H95NO10. The van der Waals surface area contributed by atoms with Crippen molar-refractivity contribution in [2.45, 2.75) is 268 Å². The van der Waals surface area contributed by atoms with Gasteiger partial charge in [0, 0.05) is 0 Å². The normalized spacial score (nSPS) is 21.6. The van der Waals surface area contributed by atoms with Crippen molar-refractivity contribution in [2.24, 2.45) is 0 Å². The van der Waals surface area contributed by atoms with Crippen LogP contribution < -0.4 is 5.32 Å². The van der Waals surface area contributed by atoms with E-state index in [1.165, 1.54) is 116 Å². The molecule has 0 bridgehead atoms. The Labute approximate surface area is 377 Å². The van der Waals surface area contributed by atoms with E-state index in [1.54, 1.807) is 0 Å². The first-order chi connectivity index (χ1) is 30.2. The molecule has 0 spiro atoms. The molecule has 62 heavy (non-hydrogen) atoms. The van der Waals surface area contributed by atoms with E-state index in [2.05, 4.69) is 55.6 Å². The van der Waals surface area contributed by atoms with Crippen molar-refractivity contribution >= 4 is 5.91 Å². The predicted octanol–water partition coefficient (Wildman–Crippen LogP) is 9.17. The Bertz CT molecular complexity index is 1100. The smallest absolute Gasteiger partial charge is 0.249 e. The zero-order valence-electron chi connectivity index (χ0n) is 39.4. The molecule has 1 heterocycles. The maximum Gasteiger partial charge on any atom is 0.249 e. The van der Waals surface area contributed by atoms with Crippen LogP contribution in [-0.4, -0.2) is 110 Å². The number of amides is 1. The third kappa shape index (κ3) is 29.7. The van der Waals surface area contributed by atoms with Gasteiger partial charge in [-0.2, -0.15) is 0 Å². The summed E-state index contributed by atoms with van der Waals surface area (Å²) in [5.74, 6) is -0.719. The summed E-state index contributed by atoms with van der Waals surface area (Å²) in [6.07, 6.45) is 36.2. The lowest BCUT2D eigenvalue weighted by Crippen LogP contribution is -2.60. The standard InChI is InChI=1S/C51H95NO10/c1-3-5-7-9-11-13-15-17-19-21-23-24-26-28-30-32-34-36-38-43(54)46(56)42(41-61-51-49(59)48(58)47(57)45(40-53)62-51)52-50(60)44(55)39-37-35-33-31-29-27-25-22-20-18-16-14-12-10-8-6-4-2/h23-25,27,30,32,42-49,51,53-59H,3-22,26,28-29,31,33-41H2,1-2H3,(H,52,60)/b24-23+,27-25-,32-30+. The highest BCUT2D eigenvalue weighted by Crippen LogP contribution is 2.23. The van der Waals surface area contributed by atoms with Crippen molar-refractivity contribution in [2.75, 3.05) is 13.2 Å². The predicted molar refractivity (Wildman–Crippen MR) is 252 cm³/mol. The van der Waals surface area contributed by atoms with E-state index in [4.69, 9.17) is 9.47 Å². The van der Waals surface area contributed by atoms with Crippen LogP contribution in [0.25, 0.3) is 0 Å². The van der Waals surface area contributed by atoms with Crippen molar-refractivity contribution in [1.82, 2.24) is 5.32 Å². The van der Waals surface area contributed by atoms with Gasteiger partial charge in [0.15, 0.2) is 6.29 Å². The number of aliphatic hydroxyl groups excluding tert-OH is 7. The minimum absolute atomic E-state index is 0.237. The summed E-state index contributed by atoms with van der Waals surface area (Å²) in [5.41, 5.74) is 0. The Kier molecular flexibility index (Phi) is 38.4. The first kappa shape index (κ1) is 58.3. The van der Waals surface area contributed by atoms with Crippen LogP contribution in [-0.2, 0) is 14.3 Å². The summed E-state index contributed by atoms with van der Waals surface area (Å²) in [5, 5.41) is 75.8. The zero-order chi connectivity index (χ0) is 45.5. The Morgan fingerprint density at radius 3 is 1.44 bits per heavy atom. The molecule has 1 rings (SSSR count). The van der Waals surface area contributed by atoms with E-state index >= 15 is 0 Å². The van der Waals surface area contributed by atoms with Gasteiger partial charge in [-0.3, -0.25) is 4.79 Å². The highest BCUT2D eigenvalue weighted by molar-refractivity contribution is 5.80. The molecule has 9 atom stereocenters. The molecule has 1 aliphatic rings. The number of hydrogen-bond donors (Lipinski definition) is 8. The molecule has 0 saturated carbocycles. The minimum Gasteiger partial charge on any atom is -0.394 e. The number of nitrogens with one attached hydrogen (secondary N) is 1. The van der Waals surface area contributed by atoms with Gasteiger partial charge in [0.1, 0.15) is 36.6 Å². The number of ether oxygens (including phenoxy) is 2. The largest absolute Gasteiger partial charge is 0.394 e. The van der Waals surface area contributed by atoms with Gasteiger partial charge in [-0.25, -0.2) is 0 Å². The molecule has 364 valence electrons. The highest BCUT2D eigenvalue weighted by Gasteiger charge is 2.44. The van der Waals surface area contributed by atoms with Crippen molar-refractivity contribution in [3.63, 3.8) is 0 Å². The number of carbonyl (C=O) groups is 1. The lowest BCUT2D eigenvalue weighted by Gasteiger charge is -2.40. The summed E-state index contributed by atoms with van der Waals surface area (Å²) < 4.78 is 11.1. The van der Waals surface area contributed by atoms with Crippen molar-refractivity contribution in [1.29, 1.82) is 0 Å². The monoisotopic (exact) mass is 882 g/mol. The van der Waals surface area contributed by atoms with Crippen LogP contribution in [0.15, 0.2) is 36.5 Å². The molecular weight excluding hydrogens is 787 g/mol. The van der Waals surface area contributed by atoms with E-state index in [0.717, 1.165) is 51.4 Å². The second-order valence-electron chi connectivity index (χ2n) is 17.9. The number of unbranched alkanes of at least 4 members (excludes halogenated alkanes) is 24. The highest BCUT2D eigenvalue weighted by atomic mass is 16.7. The van der Waals surface area contributed by atoms with Crippen LogP contribution >= 0.6 is 0 Å². The summed E-state index contributed by atoms with van der Waals surface area (Å²) in [6.45, 7) is 3.42. The second kappa shape index (κ2) is 40.8. The average molecular weight is 882 g/mol. The summed E-state index contributed by atoms with van der Waals surface area (Å²) >= 11 is 0. The fourth-order valence-electron chi connectivity index (χ4n) is 7.92. The van der Waals surface area contributed by atoms with Crippen LogP contribution in [0, 0.1) is 0 Å². The Morgan fingerprint density at radius 2 is 0.968 bits per heavy atom. The Balaban J connectivity index is 2.45. The quantitative estimate of drug-likeness (QED) is 0.0217. The van der Waals surface area contributed by atoms with Crippen molar-refractivity contribution in [3.05, 3.63) is 36.5 Å². The maximum atomic E-state index is 13.1. The molecule has 0 aromatic heterocycles. The molecule has 11 nitrogen and oxygen atoms in total.